The van der Waals surface area contributed by atoms with Crippen molar-refractivity contribution in [2.24, 2.45) is 11.7 Å². The molecule has 20 heavy (non-hydrogen) atoms. The molecule has 0 saturated carbocycles. The van der Waals surface area contributed by atoms with E-state index in [0.717, 1.165) is 12.0 Å². The summed E-state index contributed by atoms with van der Waals surface area (Å²) < 4.78 is 26.5. The van der Waals surface area contributed by atoms with Crippen molar-refractivity contribution in [1.29, 1.82) is 5.26 Å². The van der Waals surface area contributed by atoms with Crippen LogP contribution >= 0.6 is 0 Å². The minimum Gasteiger partial charge on any atom is -0.326 e. The molecule has 1 aliphatic heterocycles. The molecule has 2 atom stereocenters. The average molecular weight is 293 g/mol. The fourth-order valence-electron chi connectivity index (χ4n) is 2.31. The topological polar surface area (TPSA) is 87.2 Å². The molecule has 1 fully saturated rings. The Morgan fingerprint density at radius 2 is 2.05 bits per heavy atom. The molecule has 2 N–H and O–H groups in total. The molecular formula is C14H19N3O2S. The summed E-state index contributed by atoms with van der Waals surface area (Å²) in [5, 5.41) is 8.62. The van der Waals surface area contributed by atoms with E-state index in [-0.39, 0.29) is 17.4 Å². The number of benzene rings is 1. The molecule has 2 unspecified atom stereocenters. The molecule has 0 aliphatic carbocycles. The van der Waals surface area contributed by atoms with E-state index in [0.29, 0.717) is 19.0 Å². The number of hydrogen-bond donors (Lipinski definition) is 1. The highest BCUT2D eigenvalue weighted by atomic mass is 32.2. The van der Waals surface area contributed by atoms with Gasteiger partial charge in [0.1, 0.15) is 0 Å². The Labute approximate surface area is 120 Å². The lowest BCUT2D eigenvalue weighted by Gasteiger charge is -2.34. The largest absolute Gasteiger partial charge is 0.326 e. The molecule has 1 aliphatic rings. The van der Waals surface area contributed by atoms with Gasteiger partial charge in [-0.1, -0.05) is 19.1 Å². The van der Waals surface area contributed by atoms with E-state index in [2.05, 4.69) is 0 Å². The molecule has 0 spiro atoms. The van der Waals surface area contributed by atoms with Gasteiger partial charge in [0, 0.05) is 19.1 Å². The summed E-state index contributed by atoms with van der Waals surface area (Å²) in [6, 6.07) is 8.41. The van der Waals surface area contributed by atoms with Crippen molar-refractivity contribution in [2.75, 3.05) is 13.1 Å². The second-order valence-corrected chi connectivity index (χ2v) is 7.21. The van der Waals surface area contributed by atoms with E-state index in [4.69, 9.17) is 11.0 Å². The predicted molar refractivity (Wildman–Crippen MR) is 76.3 cm³/mol. The van der Waals surface area contributed by atoms with Gasteiger partial charge in [-0.15, -0.1) is 0 Å². The zero-order valence-corrected chi connectivity index (χ0v) is 12.3. The van der Waals surface area contributed by atoms with Crippen LogP contribution in [0.25, 0.3) is 0 Å². The Hall–Kier alpha value is -1.42. The summed E-state index contributed by atoms with van der Waals surface area (Å²) in [4.78, 5) is 0.265. The minimum atomic E-state index is -3.48. The van der Waals surface area contributed by atoms with Crippen molar-refractivity contribution < 1.29 is 8.42 Å². The van der Waals surface area contributed by atoms with E-state index in [1.807, 2.05) is 13.0 Å². The molecule has 1 saturated heterocycles. The smallest absolute Gasteiger partial charge is 0.243 e. The van der Waals surface area contributed by atoms with Crippen LogP contribution in [0.4, 0.5) is 0 Å². The van der Waals surface area contributed by atoms with Crippen molar-refractivity contribution in [3.63, 3.8) is 0 Å². The van der Waals surface area contributed by atoms with Crippen molar-refractivity contribution in [3.8, 4) is 6.07 Å². The molecule has 0 amide bonds. The van der Waals surface area contributed by atoms with Crippen molar-refractivity contribution in [3.05, 3.63) is 29.8 Å². The van der Waals surface area contributed by atoms with Crippen molar-refractivity contribution in [1.82, 2.24) is 4.31 Å². The summed E-state index contributed by atoms with van der Waals surface area (Å²) in [7, 11) is -3.48. The molecule has 1 aromatic rings. The van der Waals surface area contributed by atoms with Gasteiger partial charge in [0.15, 0.2) is 0 Å². The van der Waals surface area contributed by atoms with Gasteiger partial charge in [-0.05, 0) is 30.0 Å². The first-order valence-corrected chi connectivity index (χ1v) is 8.11. The maximum absolute atomic E-state index is 12.5. The van der Waals surface area contributed by atoms with Gasteiger partial charge in [-0.2, -0.15) is 9.57 Å². The van der Waals surface area contributed by atoms with Gasteiger partial charge in [0.2, 0.25) is 10.0 Å². The van der Waals surface area contributed by atoms with Crippen molar-refractivity contribution >= 4 is 10.0 Å². The molecule has 1 aromatic carbocycles. The van der Waals surface area contributed by atoms with Crippen LogP contribution in [0.3, 0.4) is 0 Å². The van der Waals surface area contributed by atoms with E-state index >= 15 is 0 Å². The maximum atomic E-state index is 12.5. The van der Waals surface area contributed by atoms with E-state index < -0.39 is 10.0 Å². The first-order valence-electron chi connectivity index (χ1n) is 6.67. The Morgan fingerprint density at radius 3 is 2.60 bits per heavy atom. The average Bonchev–Trinajstić information content (AvgIpc) is 2.43. The van der Waals surface area contributed by atoms with Crippen LogP contribution in [0.5, 0.6) is 0 Å². The monoisotopic (exact) mass is 293 g/mol. The van der Waals surface area contributed by atoms with E-state index in [9.17, 15) is 8.42 Å². The lowest BCUT2D eigenvalue weighted by Crippen LogP contribution is -2.49. The standard InChI is InChI=1S/C14H19N3O2S/c1-11-7-9-17(10-14(11)16)20(18,19)13-4-2-12(3-5-13)6-8-15/h2-5,11,14H,6-7,9-10,16H2,1H3. The van der Waals surface area contributed by atoms with Gasteiger partial charge >= 0.3 is 0 Å². The van der Waals surface area contributed by atoms with E-state index in [1.54, 1.807) is 24.3 Å². The number of nitriles is 1. The third-order valence-electron chi connectivity index (χ3n) is 3.82. The van der Waals surface area contributed by atoms with Crippen LogP contribution < -0.4 is 5.73 Å². The fourth-order valence-corrected chi connectivity index (χ4v) is 3.80. The summed E-state index contributed by atoms with van der Waals surface area (Å²) in [6.45, 7) is 2.92. The summed E-state index contributed by atoms with van der Waals surface area (Å²) in [5.74, 6) is 0.347. The van der Waals surface area contributed by atoms with Gasteiger partial charge in [-0.25, -0.2) is 8.42 Å². The lowest BCUT2D eigenvalue weighted by molar-refractivity contribution is 0.253. The second-order valence-electron chi connectivity index (χ2n) is 5.27. The number of nitrogens with zero attached hydrogens (tertiary/aromatic N) is 2. The second kappa shape index (κ2) is 5.92. The molecule has 2 rings (SSSR count). The highest BCUT2D eigenvalue weighted by molar-refractivity contribution is 7.89. The number of rotatable bonds is 3. The zero-order chi connectivity index (χ0) is 14.8. The van der Waals surface area contributed by atoms with Crippen LogP contribution in [-0.2, 0) is 16.4 Å². The summed E-state index contributed by atoms with van der Waals surface area (Å²) in [6.07, 6.45) is 1.07. The zero-order valence-electron chi connectivity index (χ0n) is 11.5. The highest BCUT2D eigenvalue weighted by Crippen LogP contribution is 2.23. The third kappa shape index (κ3) is 3.01. The number of nitrogens with two attached hydrogens (primary N) is 1. The third-order valence-corrected chi connectivity index (χ3v) is 5.70. The molecule has 5 nitrogen and oxygen atoms in total. The van der Waals surface area contributed by atoms with Crippen LogP contribution in [-0.4, -0.2) is 31.9 Å². The summed E-state index contributed by atoms with van der Waals surface area (Å²) >= 11 is 0. The van der Waals surface area contributed by atoms with Gasteiger partial charge < -0.3 is 5.73 Å². The quantitative estimate of drug-likeness (QED) is 0.904. The first kappa shape index (κ1) is 15.0. The van der Waals surface area contributed by atoms with Crippen LogP contribution in [0.1, 0.15) is 18.9 Å². The Balaban J connectivity index is 2.20. The normalized spacial score (nSPS) is 24.2. The number of hydrogen-bond acceptors (Lipinski definition) is 4. The van der Waals surface area contributed by atoms with Crippen LogP contribution in [0, 0.1) is 17.2 Å². The lowest BCUT2D eigenvalue weighted by atomic mass is 9.96. The molecular weight excluding hydrogens is 274 g/mol. The minimum absolute atomic E-state index is 0.114. The Kier molecular flexibility index (Phi) is 4.43. The first-order chi connectivity index (χ1) is 9.45. The molecule has 0 radical (unpaired) electrons. The predicted octanol–water partition coefficient (Wildman–Crippen LogP) is 1.11. The highest BCUT2D eigenvalue weighted by Gasteiger charge is 2.31. The van der Waals surface area contributed by atoms with Gasteiger partial charge in [0.05, 0.1) is 17.4 Å². The van der Waals surface area contributed by atoms with Crippen LogP contribution in [0.15, 0.2) is 29.2 Å². The molecule has 1 heterocycles. The number of piperidine rings is 1. The van der Waals surface area contributed by atoms with Crippen LogP contribution in [0.2, 0.25) is 0 Å². The van der Waals surface area contributed by atoms with Crippen molar-refractivity contribution in [2.45, 2.75) is 30.7 Å². The SMILES string of the molecule is CC1CCN(S(=O)(=O)c2ccc(CC#N)cc2)CC1N. The molecule has 6 heteroatoms. The molecule has 0 aromatic heterocycles. The molecule has 108 valence electrons. The number of sulfonamides is 1. The maximum Gasteiger partial charge on any atom is 0.243 e. The fraction of sp³-hybridized carbons (Fsp3) is 0.500. The van der Waals surface area contributed by atoms with Gasteiger partial charge in [0.25, 0.3) is 0 Å². The summed E-state index contributed by atoms with van der Waals surface area (Å²) in [5.41, 5.74) is 6.78. The Morgan fingerprint density at radius 1 is 1.40 bits per heavy atom. The molecule has 0 bridgehead atoms. The van der Waals surface area contributed by atoms with Gasteiger partial charge in [-0.3, -0.25) is 0 Å². The Bertz CT molecular complexity index is 604. The van der Waals surface area contributed by atoms with E-state index in [1.165, 1.54) is 4.31 Å².